The average Bonchev–Trinajstić information content (AvgIpc) is 2.60. The molecule has 3 aromatic rings. The zero-order valence-corrected chi connectivity index (χ0v) is 14.1. The van der Waals surface area contributed by atoms with Crippen molar-refractivity contribution in [2.75, 3.05) is 5.32 Å². The molecule has 0 radical (unpaired) electrons. The number of nitrogens with one attached hydrogen (secondary N) is 1. The fourth-order valence-electron chi connectivity index (χ4n) is 4.10. The van der Waals surface area contributed by atoms with Gasteiger partial charge >= 0.3 is 0 Å². The number of allylic oxidation sites excluding steroid dienone is 2. The predicted octanol–water partition coefficient (Wildman–Crippen LogP) is 5.94. The van der Waals surface area contributed by atoms with Gasteiger partial charge in [0.1, 0.15) is 0 Å². The molecular weight excluding hydrogens is 292 g/mol. The largest absolute Gasteiger partial charge is 0.353 e. The van der Waals surface area contributed by atoms with E-state index in [2.05, 4.69) is 67.7 Å². The van der Waals surface area contributed by atoms with Gasteiger partial charge in [0.2, 0.25) is 0 Å². The van der Waals surface area contributed by atoms with E-state index in [1.54, 1.807) is 0 Å². The molecule has 0 spiro atoms. The Morgan fingerprint density at radius 3 is 2.67 bits per heavy atom. The summed E-state index contributed by atoms with van der Waals surface area (Å²) < 4.78 is 0. The van der Waals surface area contributed by atoms with Crippen molar-refractivity contribution in [3.05, 3.63) is 59.8 Å². The minimum absolute atomic E-state index is 0.531. The van der Waals surface area contributed by atoms with Crippen molar-refractivity contribution in [3.8, 4) is 11.3 Å². The van der Waals surface area contributed by atoms with Gasteiger partial charge in [-0.15, -0.1) is 0 Å². The summed E-state index contributed by atoms with van der Waals surface area (Å²) in [6, 6.07) is 15.3. The lowest BCUT2D eigenvalue weighted by atomic mass is 9.86. The van der Waals surface area contributed by atoms with Gasteiger partial charge in [-0.3, -0.25) is 0 Å². The zero-order valence-electron chi connectivity index (χ0n) is 14.1. The topological polar surface area (TPSA) is 24.9 Å². The molecule has 0 fully saturated rings. The van der Waals surface area contributed by atoms with Crippen LogP contribution in [-0.4, -0.2) is 4.98 Å². The summed E-state index contributed by atoms with van der Waals surface area (Å²) in [7, 11) is 0. The quantitative estimate of drug-likeness (QED) is 0.470. The summed E-state index contributed by atoms with van der Waals surface area (Å²) in [6.45, 7) is 4.54. The Kier molecular flexibility index (Phi) is 2.84. The van der Waals surface area contributed by atoms with Crippen LogP contribution in [0.3, 0.4) is 0 Å². The molecule has 2 heterocycles. The Bertz CT molecular complexity index is 1010. The first-order chi connectivity index (χ1) is 11.7. The number of hydrogen-bond donors (Lipinski definition) is 1. The molecule has 2 heteroatoms. The van der Waals surface area contributed by atoms with Crippen LogP contribution in [0, 0.1) is 5.92 Å². The van der Waals surface area contributed by atoms with E-state index in [1.807, 2.05) is 0 Å². The van der Waals surface area contributed by atoms with Gasteiger partial charge in [-0.25, -0.2) is 4.98 Å². The maximum Gasteiger partial charge on any atom is 0.0947 e. The lowest BCUT2D eigenvalue weighted by molar-refractivity contribution is 0.818. The first-order valence-electron chi connectivity index (χ1n) is 8.76. The molecule has 118 valence electrons. The standard InChI is InChI=1S/C22H20N2/c1-13(2)15-8-5-10-18-17(15)12-20-22(24-18)16-9-3-6-14-7-4-11-19(23-20)21(14)16/h3-4,6-9,11-13,23H,5,10H2,1-2H3. The SMILES string of the molecule is CC(C)C1=CCCc2nc3c(cc21)Nc1cccc2cccc-3c12. The van der Waals surface area contributed by atoms with E-state index in [-0.39, 0.29) is 0 Å². The van der Waals surface area contributed by atoms with Crippen LogP contribution in [0.1, 0.15) is 31.5 Å². The zero-order chi connectivity index (χ0) is 16.3. The fraction of sp³-hybridized carbons (Fsp3) is 0.227. The van der Waals surface area contributed by atoms with E-state index in [0.29, 0.717) is 5.92 Å². The summed E-state index contributed by atoms with van der Waals surface area (Å²) in [5.74, 6) is 0.531. The van der Waals surface area contributed by atoms with E-state index in [4.69, 9.17) is 4.98 Å². The van der Waals surface area contributed by atoms with Crippen molar-refractivity contribution in [1.82, 2.24) is 4.98 Å². The number of pyridine rings is 1. The van der Waals surface area contributed by atoms with Crippen molar-refractivity contribution < 1.29 is 0 Å². The van der Waals surface area contributed by atoms with Crippen LogP contribution < -0.4 is 5.32 Å². The number of aromatic nitrogens is 1. The number of fused-ring (bicyclic) bond motifs is 3. The highest BCUT2D eigenvalue weighted by Gasteiger charge is 2.24. The predicted molar refractivity (Wildman–Crippen MR) is 102 cm³/mol. The molecule has 0 atom stereocenters. The normalized spacial score (nSPS) is 14.9. The minimum atomic E-state index is 0.531. The monoisotopic (exact) mass is 312 g/mol. The van der Waals surface area contributed by atoms with Crippen LogP contribution in [-0.2, 0) is 6.42 Å². The lowest BCUT2D eigenvalue weighted by Gasteiger charge is -2.26. The third kappa shape index (κ3) is 1.86. The summed E-state index contributed by atoms with van der Waals surface area (Å²) in [5.41, 5.74) is 8.68. The molecule has 2 aliphatic rings. The Morgan fingerprint density at radius 1 is 1.00 bits per heavy atom. The fourth-order valence-corrected chi connectivity index (χ4v) is 4.10. The highest BCUT2D eigenvalue weighted by atomic mass is 14.9. The van der Waals surface area contributed by atoms with Crippen LogP contribution >= 0.6 is 0 Å². The smallest absolute Gasteiger partial charge is 0.0947 e. The highest BCUT2D eigenvalue weighted by molar-refractivity contribution is 6.10. The molecule has 1 aromatic heterocycles. The molecule has 5 rings (SSSR count). The summed E-state index contributed by atoms with van der Waals surface area (Å²) >= 11 is 0. The van der Waals surface area contributed by atoms with E-state index in [9.17, 15) is 0 Å². The Balaban J connectivity index is 1.80. The summed E-state index contributed by atoms with van der Waals surface area (Å²) in [6.07, 6.45) is 4.52. The number of hydrogen-bond acceptors (Lipinski definition) is 2. The number of anilines is 2. The Labute approximate surface area is 142 Å². The number of rotatable bonds is 1. The third-order valence-corrected chi connectivity index (χ3v) is 5.21. The maximum absolute atomic E-state index is 5.11. The van der Waals surface area contributed by atoms with Gasteiger partial charge in [0, 0.05) is 27.9 Å². The summed E-state index contributed by atoms with van der Waals surface area (Å²) in [4.78, 5) is 5.11. The van der Waals surface area contributed by atoms with Crippen LogP contribution in [0.25, 0.3) is 27.6 Å². The third-order valence-electron chi connectivity index (χ3n) is 5.21. The van der Waals surface area contributed by atoms with Crippen LogP contribution in [0.2, 0.25) is 0 Å². The van der Waals surface area contributed by atoms with E-state index in [0.717, 1.165) is 24.2 Å². The number of nitrogens with zero attached hydrogens (tertiary/aromatic N) is 1. The first-order valence-corrected chi connectivity index (χ1v) is 8.76. The van der Waals surface area contributed by atoms with Gasteiger partial charge in [0.05, 0.1) is 11.4 Å². The second kappa shape index (κ2) is 4.94. The molecule has 2 aromatic carbocycles. The first kappa shape index (κ1) is 13.8. The molecule has 2 nitrogen and oxygen atoms in total. The number of aryl methyl sites for hydroxylation is 1. The Hall–Kier alpha value is -2.61. The van der Waals surface area contributed by atoms with Gasteiger partial charge in [0.25, 0.3) is 0 Å². The van der Waals surface area contributed by atoms with Gasteiger partial charge in [-0.05, 0) is 41.9 Å². The molecule has 0 amide bonds. The molecule has 0 saturated heterocycles. The van der Waals surface area contributed by atoms with Crippen LogP contribution in [0.5, 0.6) is 0 Å². The second-order valence-corrected chi connectivity index (χ2v) is 7.07. The van der Waals surface area contributed by atoms with Gasteiger partial charge < -0.3 is 5.32 Å². The molecule has 1 aliphatic heterocycles. The number of benzene rings is 2. The van der Waals surface area contributed by atoms with Crippen molar-refractivity contribution in [1.29, 1.82) is 0 Å². The average molecular weight is 312 g/mol. The molecule has 0 bridgehead atoms. The lowest BCUT2D eigenvalue weighted by Crippen LogP contribution is -2.11. The van der Waals surface area contributed by atoms with Crippen molar-refractivity contribution in [2.45, 2.75) is 26.7 Å². The molecular formula is C22H20N2. The minimum Gasteiger partial charge on any atom is -0.353 e. The highest BCUT2D eigenvalue weighted by Crippen LogP contribution is 2.45. The van der Waals surface area contributed by atoms with Crippen molar-refractivity contribution >= 4 is 27.7 Å². The molecule has 24 heavy (non-hydrogen) atoms. The molecule has 0 saturated carbocycles. The summed E-state index contributed by atoms with van der Waals surface area (Å²) in [5, 5.41) is 6.18. The van der Waals surface area contributed by atoms with E-state index < -0.39 is 0 Å². The molecule has 0 unspecified atom stereocenters. The molecule has 1 N–H and O–H groups in total. The second-order valence-electron chi connectivity index (χ2n) is 7.07. The van der Waals surface area contributed by atoms with Gasteiger partial charge in [-0.2, -0.15) is 0 Å². The van der Waals surface area contributed by atoms with Gasteiger partial charge in [0.15, 0.2) is 0 Å². The van der Waals surface area contributed by atoms with E-state index >= 15 is 0 Å². The van der Waals surface area contributed by atoms with Crippen molar-refractivity contribution in [3.63, 3.8) is 0 Å². The van der Waals surface area contributed by atoms with Gasteiger partial charge in [-0.1, -0.05) is 50.3 Å². The van der Waals surface area contributed by atoms with Crippen LogP contribution in [0.15, 0.2) is 48.5 Å². The maximum atomic E-state index is 5.11. The van der Waals surface area contributed by atoms with Crippen molar-refractivity contribution in [2.24, 2.45) is 5.92 Å². The van der Waals surface area contributed by atoms with Crippen LogP contribution in [0.4, 0.5) is 11.4 Å². The van der Waals surface area contributed by atoms with E-state index in [1.165, 1.54) is 38.9 Å². The molecule has 1 aliphatic carbocycles. The Morgan fingerprint density at radius 2 is 1.83 bits per heavy atom.